The fraction of sp³-hybridized carbons (Fsp3) is 0.500. The van der Waals surface area contributed by atoms with Crippen LogP contribution in [0, 0.1) is 6.92 Å². The van der Waals surface area contributed by atoms with E-state index < -0.39 is 11.7 Å². The Hall–Kier alpha value is -1.65. The molecule has 1 heterocycles. The standard InChI is InChI=1S/C10H14N2O3/c1-7-5-8(6-13)11-12(7)9(14)15-10(2,3)4/h5-6H,1-4H3. The van der Waals surface area contributed by atoms with E-state index in [9.17, 15) is 9.59 Å². The third-order valence-corrected chi connectivity index (χ3v) is 1.59. The first-order valence-corrected chi connectivity index (χ1v) is 4.58. The number of hydrogen-bond acceptors (Lipinski definition) is 4. The number of aromatic nitrogens is 2. The SMILES string of the molecule is Cc1cc(C=O)nn1C(=O)OC(C)(C)C. The molecule has 0 N–H and O–H groups in total. The molecular weight excluding hydrogens is 196 g/mol. The van der Waals surface area contributed by atoms with Gasteiger partial charge in [0.15, 0.2) is 6.29 Å². The molecule has 0 amide bonds. The minimum Gasteiger partial charge on any atom is -0.442 e. The first-order chi connectivity index (χ1) is 6.83. The van der Waals surface area contributed by atoms with Gasteiger partial charge >= 0.3 is 6.09 Å². The first kappa shape index (κ1) is 11.4. The molecule has 5 heteroatoms. The molecule has 0 aliphatic heterocycles. The van der Waals surface area contributed by atoms with Crippen LogP contribution in [0.3, 0.4) is 0 Å². The summed E-state index contributed by atoms with van der Waals surface area (Å²) in [7, 11) is 0. The van der Waals surface area contributed by atoms with Crippen LogP contribution in [0.2, 0.25) is 0 Å². The molecule has 0 aliphatic carbocycles. The highest BCUT2D eigenvalue weighted by atomic mass is 16.6. The Morgan fingerprint density at radius 3 is 2.53 bits per heavy atom. The Bertz CT molecular complexity index is 388. The number of ether oxygens (including phenoxy) is 1. The maximum atomic E-state index is 11.6. The summed E-state index contributed by atoms with van der Waals surface area (Å²) in [5.74, 6) is 0. The minimum atomic E-state index is -0.576. The number of aldehydes is 1. The van der Waals surface area contributed by atoms with Crippen molar-refractivity contribution >= 4 is 12.4 Å². The molecule has 1 aromatic rings. The molecule has 0 unspecified atom stereocenters. The van der Waals surface area contributed by atoms with Gasteiger partial charge in [-0.1, -0.05) is 0 Å². The Labute approximate surface area is 88.0 Å². The van der Waals surface area contributed by atoms with Crippen LogP contribution in [-0.4, -0.2) is 27.8 Å². The summed E-state index contributed by atoms with van der Waals surface area (Å²) in [6.07, 6.45) is 0.0153. The molecule has 0 saturated carbocycles. The van der Waals surface area contributed by atoms with Crippen molar-refractivity contribution in [3.63, 3.8) is 0 Å². The fourth-order valence-corrected chi connectivity index (χ4v) is 1.05. The Morgan fingerprint density at radius 2 is 2.13 bits per heavy atom. The molecule has 82 valence electrons. The van der Waals surface area contributed by atoms with Crippen molar-refractivity contribution in [3.05, 3.63) is 17.5 Å². The summed E-state index contributed by atoms with van der Waals surface area (Å²) in [5.41, 5.74) is 0.223. The molecule has 0 bridgehead atoms. The van der Waals surface area contributed by atoms with E-state index in [0.717, 1.165) is 4.68 Å². The highest BCUT2D eigenvalue weighted by Gasteiger charge is 2.20. The van der Waals surface area contributed by atoms with Crippen molar-refractivity contribution in [2.75, 3.05) is 0 Å². The van der Waals surface area contributed by atoms with Gasteiger partial charge in [0.2, 0.25) is 0 Å². The van der Waals surface area contributed by atoms with Gasteiger partial charge in [-0.3, -0.25) is 4.79 Å². The summed E-state index contributed by atoms with van der Waals surface area (Å²) < 4.78 is 6.19. The predicted molar refractivity (Wildman–Crippen MR) is 54.0 cm³/mol. The lowest BCUT2D eigenvalue weighted by Gasteiger charge is -2.19. The van der Waals surface area contributed by atoms with Gasteiger partial charge in [-0.25, -0.2) is 4.79 Å². The van der Waals surface area contributed by atoms with E-state index in [1.54, 1.807) is 27.7 Å². The van der Waals surface area contributed by atoms with E-state index in [4.69, 9.17) is 4.74 Å². The van der Waals surface area contributed by atoms with Crippen LogP contribution in [0.1, 0.15) is 37.0 Å². The van der Waals surface area contributed by atoms with Gasteiger partial charge < -0.3 is 4.74 Å². The highest BCUT2D eigenvalue weighted by molar-refractivity contribution is 5.76. The van der Waals surface area contributed by atoms with Crippen LogP contribution >= 0.6 is 0 Å². The summed E-state index contributed by atoms with van der Waals surface area (Å²) in [6, 6.07) is 1.52. The van der Waals surface area contributed by atoms with E-state index in [1.165, 1.54) is 6.07 Å². The van der Waals surface area contributed by atoms with Crippen LogP contribution in [-0.2, 0) is 4.74 Å². The number of nitrogens with zero attached hydrogens (tertiary/aromatic N) is 2. The zero-order valence-electron chi connectivity index (χ0n) is 9.27. The lowest BCUT2D eigenvalue weighted by Crippen LogP contribution is -2.28. The third kappa shape index (κ3) is 2.90. The van der Waals surface area contributed by atoms with Crippen LogP contribution in [0.25, 0.3) is 0 Å². The van der Waals surface area contributed by atoms with E-state index in [0.29, 0.717) is 12.0 Å². The quantitative estimate of drug-likeness (QED) is 0.663. The zero-order valence-corrected chi connectivity index (χ0v) is 9.27. The Morgan fingerprint density at radius 1 is 1.53 bits per heavy atom. The fourth-order valence-electron chi connectivity index (χ4n) is 1.05. The molecule has 0 aliphatic rings. The smallest absolute Gasteiger partial charge is 0.435 e. The molecule has 0 atom stereocenters. The van der Waals surface area contributed by atoms with Gasteiger partial charge in [0.25, 0.3) is 0 Å². The van der Waals surface area contributed by atoms with E-state index in [2.05, 4.69) is 5.10 Å². The van der Waals surface area contributed by atoms with E-state index >= 15 is 0 Å². The lowest BCUT2D eigenvalue weighted by atomic mass is 10.2. The second-order valence-electron chi connectivity index (χ2n) is 4.22. The maximum Gasteiger partial charge on any atom is 0.435 e. The van der Waals surface area contributed by atoms with Gasteiger partial charge in [-0.2, -0.15) is 9.78 Å². The molecule has 5 nitrogen and oxygen atoms in total. The molecule has 0 aromatic carbocycles. The summed E-state index contributed by atoms with van der Waals surface area (Å²) in [5, 5.41) is 3.79. The first-order valence-electron chi connectivity index (χ1n) is 4.58. The van der Waals surface area contributed by atoms with Crippen LogP contribution in [0.5, 0.6) is 0 Å². The maximum absolute atomic E-state index is 11.6. The van der Waals surface area contributed by atoms with E-state index in [-0.39, 0.29) is 5.69 Å². The molecule has 0 saturated heterocycles. The summed E-state index contributed by atoms with van der Waals surface area (Å²) in [4.78, 5) is 22.0. The van der Waals surface area contributed by atoms with Gasteiger partial charge in [0.05, 0.1) is 0 Å². The topological polar surface area (TPSA) is 61.2 Å². The predicted octanol–water partition coefficient (Wildman–Crippen LogP) is 1.79. The van der Waals surface area contributed by atoms with Gasteiger partial charge in [0.1, 0.15) is 11.3 Å². The Kier molecular flexibility index (Phi) is 2.93. The normalized spacial score (nSPS) is 11.2. The van der Waals surface area contributed by atoms with Crippen molar-refractivity contribution in [1.29, 1.82) is 0 Å². The molecule has 0 fully saturated rings. The van der Waals surface area contributed by atoms with Gasteiger partial charge in [0, 0.05) is 5.69 Å². The monoisotopic (exact) mass is 210 g/mol. The average Bonchev–Trinajstić information content (AvgIpc) is 2.43. The summed E-state index contributed by atoms with van der Waals surface area (Å²) in [6.45, 7) is 6.99. The van der Waals surface area contributed by atoms with Crippen molar-refractivity contribution in [2.24, 2.45) is 0 Å². The highest BCUT2D eigenvalue weighted by Crippen LogP contribution is 2.10. The van der Waals surface area contributed by atoms with Crippen LogP contribution in [0.15, 0.2) is 6.07 Å². The van der Waals surface area contributed by atoms with Gasteiger partial charge in [-0.15, -0.1) is 0 Å². The lowest BCUT2D eigenvalue weighted by molar-refractivity contribution is 0.0511. The van der Waals surface area contributed by atoms with Gasteiger partial charge in [-0.05, 0) is 33.8 Å². The van der Waals surface area contributed by atoms with Crippen LogP contribution < -0.4 is 0 Å². The number of carbonyl (C=O) groups excluding carboxylic acids is 2. The molecule has 0 spiro atoms. The second kappa shape index (κ2) is 3.84. The number of hydrogen-bond donors (Lipinski definition) is 0. The van der Waals surface area contributed by atoms with Crippen LogP contribution in [0.4, 0.5) is 4.79 Å². The Balaban J connectivity index is 2.91. The minimum absolute atomic E-state index is 0.221. The molecule has 0 radical (unpaired) electrons. The van der Waals surface area contributed by atoms with Crippen molar-refractivity contribution in [3.8, 4) is 0 Å². The van der Waals surface area contributed by atoms with Crippen molar-refractivity contribution in [2.45, 2.75) is 33.3 Å². The molecular formula is C10H14N2O3. The second-order valence-corrected chi connectivity index (χ2v) is 4.22. The number of rotatable bonds is 1. The van der Waals surface area contributed by atoms with Crippen molar-refractivity contribution in [1.82, 2.24) is 9.78 Å². The zero-order chi connectivity index (χ0) is 11.6. The molecule has 1 aromatic heterocycles. The number of aryl methyl sites for hydroxylation is 1. The van der Waals surface area contributed by atoms with E-state index in [1.807, 2.05) is 0 Å². The number of carbonyl (C=O) groups is 2. The largest absolute Gasteiger partial charge is 0.442 e. The summed E-state index contributed by atoms with van der Waals surface area (Å²) >= 11 is 0. The molecule has 1 rings (SSSR count). The van der Waals surface area contributed by atoms with Crippen molar-refractivity contribution < 1.29 is 14.3 Å². The molecule has 15 heavy (non-hydrogen) atoms. The average molecular weight is 210 g/mol. The third-order valence-electron chi connectivity index (χ3n) is 1.59.